The molecule has 0 aliphatic heterocycles. The fourth-order valence-corrected chi connectivity index (χ4v) is 7.10. The summed E-state index contributed by atoms with van der Waals surface area (Å²) in [6.07, 6.45) is 9.80. The minimum atomic E-state index is -0.776. The van der Waals surface area contributed by atoms with Crippen LogP contribution in [0, 0.1) is 45.3 Å². The number of nitriles is 2. The second-order valence-electron chi connectivity index (χ2n) is 10.0. The lowest BCUT2D eigenvalue weighted by Gasteiger charge is -2.53. The molecule has 0 heterocycles. The molecule has 164 valence electrons. The van der Waals surface area contributed by atoms with Gasteiger partial charge in [0.15, 0.2) is 0 Å². The van der Waals surface area contributed by atoms with Crippen LogP contribution in [0.15, 0.2) is 28.0 Å². The zero-order valence-electron chi connectivity index (χ0n) is 18.5. The van der Waals surface area contributed by atoms with Crippen molar-refractivity contribution in [2.24, 2.45) is 27.8 Å². The molecule has 1 unspecified atom stereocenters. The third kappa shape index (κ3) is 3.57. The van der Waals surface area contributed by atoms with E-state index in [0.717, 1.165) is 57.1 Å². The second kappa shape index (κ2) is 8.15. The molecule has 1 N–H and O–H groups in total. The molecule has 4 aliphatic rings. The summed E-state index contributed by atoms with van der Waals surface area (Å²) < 4.78 is 0. The number of nitrogens with zero attached hydrogens (tertiary/aromatic N) is 3. The Kier molecular flexibility index (Phi) is 5.69. The van der Waals surface area contributed by atoms with E-state index in [1.165, 1.54) is 11.1 Å². The lowest BCUT2D eigenvalue weighted by atomic mass is 9.51. The number of hydrogen-bond acceptors (Lipinski definition) is 5. The smallest absolute Gasteiger partial charge is 0.303 e. The SMILES string of the molecule is CC(C#N)O/N=C1/C=C2CC[C@@H]3C(=C2CC1)CC[C@@]1(C)[C@H]3CC[C@]1(CC#N)CC(=O)O. The van der Waals surface area contributed by atoms with E-state index in [0.29, 0.717) is 18.3 Å². The van der Waals surface area contributed by atoms with Crippen LogP contribution in [0.3, 0.4) is 0 Å². The molecule has 2 saturated carbocycles. The first-order valence-corrected chi connectivity index (χ1v) is 11.5. The summed E-state index contributed by atoms with van der Waals surface area (Å²) in [5.41, 5.74) is 4.86. The molecule has 4 aliphatic carbocycles. The molecule has 5 atom stereocenters. The number of fused-ring (bicyclic) bond motifs is 4. The fraction of sp³-hybridized carbons (Fsp3) is 0.680. The highest BCUT2D eigenvalue weighted by atomic mass is 16.6. The number of hydrogen-bond donors (Lipinski definition) is 1. The van der Waals surface area contributed by atoms with Gasteiger partial charge in [-0.15, -0.1) is 0 Å². The summed E-state index contributed by atoms with van der Waals surface area (Å²) in [5.74, 6) is 0.198. The minimum Gasteiger partial charge on any atom is -0.481 e. The molecule has 0 aromatic rings. The van der Waals surface area contributed by atoms with Gasteiger partial charge in [0.1, 0.15) is 6.07 Å². The zero-order chi connectivity index (χ0) is 22.2. The standard InChI is InChI=1S/C25H31N3O3/c1-16(15-27)31-28-18-4-6-19-17(13-18)3-5-21-20(19)7-9-24(2)22(21)8-10-25(24,11-12-26)14-23(29)30/h13,16,21-22H,3-11,14H2,1-2H3,(H,29,30)/b28-18+/t16?,21-,22+,24+,25+/m1/s1. The van der Waals surface area contributed by atoms with Crippen LogP contribution in [0.1, 0.15) is 78.1 Å². The van der Waals surface area contributed by atoms with Gasteiger partial charge in [-0.2, -0.15) is 10.5 Å². The largest absolute Gasteiger partial charge is 0.481 e. The number of aliphatic carboxylic acids is 1. The van der Waals surface area contributed by atoms with Crippen molar-refractivity contribution in [3.8, 4) is 12.1 Å². The Hall–Kier alpha value is -2.60. The first kappa shape index (κ1) is 21.6. The Balaban J connectivity index is 1.62. The van der Waals surface area contributed by atoms with Gasteiger partial charge >= 0.3 is 5.97 Å². The van der Waals surface area contributed by atoms with Crippen LogP contribution in [0.4, 0.5) is 0 Å². The van der Waals surface area contributed by atoms with Gasteiger partial charge in [-0.25, -0.2) is 0 Å². The van der Waals surface area contributed by atoms with Gasteiger partial charge in [0.05, 0.1) is 18.2 Å². The summed E-state index contributed by atoms with van der Waals surface area (Å²) in [6.45, 7) is 3.97. The molecule has 0 radical (unpaired) electrons. The molecule has 6 heteroatoms. The van der Waals surface area contributed by atoms with Gasteiger partial charge in [-0.05, 0) is 98.2 Å². The zero-order valence-corrected chi connectivity index (χ0v) is 18.5. The van der Waals surface area contributed by atoms with Crippen molar-refractivity contribution in [3.05, 3.63) is 22.8 Å². The number of oxime groups is 1. The van der Waals surface area contributed by atoms with Crippen LogP contribution in [0.25, 0.3) is 0 Å². The molecule has 0 spiro atoms. The van der Waals surface area contributed by atoms with Crippen LogP contribution in [-0.2, 0) is 9.63 Å². The minimum absolute atomic E-state index is 0.0837. The van der Waals surface area contributed by atoms with E-state index < -0.39 is 17.5 Å². The van der Waals surface area contributed by atoms with Crippen LogP contribution < -0.4 is 0 Å². The monoisotopic (exact) mass is 421 g/mol. The first-order valence-electron chi connectivity index (χ1n) is 11.5. The summed E-state index contributed by atoms with van der Waals surface area (Å²) in [6, 6.07) is 4.36. The number of carbonyl (C=O) groups is 1. The quantitative estimate of drug-likeness (QED) is 0.608. The van der Waals surface area contributed by atoms with E-state index in [1.54, 1.807) is 12.5 Å². The Morgan fingerprint density at radius 3 is 2.81 bits per heavy atom. The predicted molar refractivity (Wildman–Crippen MR) is 116 cm³/mol. The van der Waals surface area contributed by atoms with Crippen molar-refractivity contribution in [2.75, 3.05) is 0 Å². The Bertz CT molecular complexity index is 950. The highest BCUT2D eigenvalue weighted by molar-refractivity contribution is 5.97. The molecule has 6 nitrogen and oxygen atoms in total. The van der Waals surface area contributed by atoms with E-state index >= 15 is 0 Å². The molecular weight excluding hydrogens is 390 g/mol. The lowest BCUT2D eigenvalue weighted by Crippen LogP contribution is -2.46. The average Bonchev–Trinajstić information content (AvgIpc) is 3.03. The molecular formula is C25H31N3O3. The van der Waals surface area contributed by atoms with Gasteiger partial charge in [-0.3, -0.25) is 4.79 Å². The third-order valence-corrected chi connectivity index (χ3v) is 8.70. The maximum atomic E-state index is 11.7. The maximum Gasteiger partial charge on any atom is 0.303 e. The molecule has 0 aromatic carbocycles. The van der Waals surface area contributed by atoms with Crippen molar-refractivity contribution >= 4 is 11.7 Å². The second-order valence-corrected chi connectivity index (χ2v) is 10.0. The summed E-state index contributed by atoms with van der Waals surface area (Å²) >= 11 is 0. The number of carboxylic acids is 1. The van der Waals surface area contributed by atoms with Crippen molar-refractivity contribution in [3.63, 3.8) is 0 Å². The molecule has 2 fully saturated rings. The van der Waals surface area contributed by atoms with Crippen LogP contribution in [-0.4, -0.2) is 22.9 Å². The molecule has 4 rings (SSSR count). The molecule has 31 heavy (non-hydrogen) atoms. The van der Waals surface area contributed by atoms with Crippen molar-refractivity contribution in [1.82, 2.24) is 0 Å². The highest BCUT2D eigenvalue weighted by Gasteiger charge is 2.61. The van der Waals surface area contributed by atoms with Crippen LogP contribution >= 0.6 is 0 Å². The summed E-state index contributed by atoms with van der Waals surface area (Å²) in [5, 5.41) is 32.2. The number of rotatable bonds is 5. The fourth-order valence-electron chi connectivity index (χ4n) is 7.10. The highest BCUT2D eigenvalue weighted by Crippen LogP contribution is 2.68. The summed E-state index contributed by atoms with van der Waals surface area (Å²) in [7, 11) is 0. The topological polar surface area (TPSA) is 106 Å². The van der Waals surface area contributed by atoms with Gasteiger partial charge in [-0.1, -0.05) is 17.7 Å². The number of allylic oxidation sites excluding steroid dienone is 4. The van der Waals surface area contributed by atoms with Gasteiger partial charge in [0.25, 0.3) is 0 Å². The van der Waals surface area contributed by atoms with Gasteiger partial charge in [0, 0.05) is 6.42 Å². The van der Waals surface area contributed by atoms with E-state index in [2.05, 4.69) is 24.2 Å². The maximum absolute atomic E-state index is 11.7. The van der Waals surface area contributed by atoms with Crippen LogP contribution in [0.5, 0.6) is 0 Å². The first-order chi connectivity index (χ1) is 14.8. The third-order valence-electron chi connectivity index (χ3n) is 8.70. The van der Waals surface area contributed by atoms with E-state index in [9.17, 15) is 15.2 Å². The average molecular weight is 422 g/mol. The predicted octanol–water partition coefficient (Wildman–Crippen LogP) is 5.28. The van der Waals surface area contributed by atoms with Crippen molar-refractivity contribution in [1.29, 1.82) is 10.5 Å². The van der Waals surface area contributed by atoms with E-state index in [4.69, 9.17) is 10.1 Å². The lowest BCUT2D eigenvalue weighted by molar-refractivity contribution is -0.143. The van der Waals surface area contributed by atoms with E-state index in [1.807, 2.05) is 6.07 Å². The van der Waals surface area contributed by atoms with Gasteiger partial charge in [0.2, 0.25) is 6.10 Å². The summed E-state index contributed by atoms with van der Waals surface area (Å²) in [4.78, 5) is 17.0. The molecule has 0 aromatic heterocycles. The van der Waals surface area contributed by atoms with Crippen LogP contribution in [0.2, 0.25) is 0 Å². The van der Waals surface area contributed by atoms with E-state index in [-0.39, 0.29) is 11.8 Å². The molecule has 0 bridgehead atoms. The van der Waals surface area contributed by atoms with Crippen molar-refractivity contribution < 1.29 is 14.7 Å². The normalized spacial score (nSPS) is 36.4. The Labute approximate surface area is 184 Å². The molecule has 0 saturated heterocycles. The Morgan fingerprint density at radius 2 is 2.10 bits per heavy atom. The Morgan fingerprint density at radius 1 is 1.29 bits per heavy atom. The van der Waals surface area contributed by atoms with Gasteiger partial charge < -0.3 is 9.94 Å². The van der Waals surface area contributed by atoms with Crippen molar-refractivity contribution in [2.45, 2.75) is 84.2 Å². The number of carboxylic acid groups (broad SMARTS) is 1. The molecule has 0 amide bonds.